The molecule has 4 N–H and O–H groups in total. The number of anilines is 1. The summed E-state index contributed by atoms with van der Waals surface area (Å²) in [5.74, 6) is -0.658. The number of hydrogen-bond donors (Lipinski definition) is 3. The quantitative estimate of drug-likeness (QED) is 0.432. The van der Waals surface area contributed by atoms with Crippen molar-refractivity contribution >= 4 is 55.7 Å². The molecular weight excluding hydrogens is 579 g/mol. The summed E-state index contributed by atoms with van der Waals surface area (Å²) in [4.78, 5) is 20.4. The number of nitrogens with zero attached hydrogens (tertiary/aromatic N) is 3. The van der Waals surface area contributed by atoms with Gasteiger partial charge in [0.2, 0.25) is 0 Å². The molecule has 14 heteroatoms. The first-order valence-electron chi connectivity index (χ1n) is 10.8. The molecule has 0 aromatic carbocycles. The third-order valence-corrected chi connectivity index (χ3v) is 7.45. The Balaban J connectivity index is 1.54. The molecule has 1 saturated carbocycles. The minimum atomic E-state index is -4.13. The van der Waals surface area contributed by atoms with Gasteiger partial charge >= 0.3 is 16.3 Å². The van der Waals surface area contributed by atoms with Crippen LogP contribution in [-0.4, -0.2) is 59.2 Å². The normalized spacial score (nSPS) is 26.5. The summed E-state index contributed by atoms with van der Waals surface area (Å²) in [7, 11) is -4.13. The van der Waals surface area contributed by atoms with E-state index in [1.54, 1.807) is 20.8 Å². The van der Waals surface area contributed by atoms with E-state index in [1.807, 2.05) is 29.3 Å². The molecule has 12 nitrogen and oxygen atoms in total. The Kier molecular flexibility index (Phi) is 6.50. The zero-order valence-electron chi connectivity index (χ0n) is 19.5. The van der Waals surface area contributed by atoms with Crippen LogP contribution in [0.3, 0.4) is 0 Å². The minimum Gasteiger partial charge on any atom is -0.443 e. The lowest BCUT2D eigenvalue weighted by molar-refractivity contribution is -0.159. The molecule has 34 heavy (non-hydrogen) atoms. The van der Waals surface area contributed by atoms with Crippen molar-refractivity contribution in [3.63, 3.8) is 0 Å². The average Bonchev–Trinajstić information content (AvgIpc) is 3.27. The van der Waals surface area contributed by atoms with Crippen LogP contribution in [0.2, 0.25) is 0 Å². The summed E-state index contributed by atoms with van der Waals surface area (Å²) in [5.41, 5.74) is 5.93. The number of rotatable bonds is 5. The smallest absolute Gasteiger partial charge is 0.422 e. The molecule has 4 rings (SSSR count). The first kappa shape index (κ1) is 25.3. The highest BCUT2D eigenvalue weighted by atomic mass is 127. The monoisotopic (exact) mass is 608 g/mol. The van der Waals surface area contributed by atoms with Crippen LogP contribution in [0.4, 0.5) is 10.6 Å². The third-order valence-electron chi connectivity index (χ3n) is 5.65. The molecule has 0 unspecified atom stereocenters. The fraction of sp³-hybridized carbons (Fsp3) is 0.650. The summed E-state index contributed by atoms with van der Waals surface area (Å²) in [5, 5.41) is 0.767. The highest BCUT2D eigenvalue weighted by Gasteiger charge is 2.54. The number of ether oxygens (including phenoxy) is 3. The molecule has 4 atom stereocenters. The van der Waals surface area contributed by atoms with Gasteiger partial charge in [-0.05, 0) is 63.6 Å². The van der Waals surface area contributed by atoms with Crippen LogP contribution >= 0.6 is 22.6 Å². The maximum absolute atomic E-state index is 12.4. The lowest BCUT2D eigenvalue weighted by atomic mass is 10.1. The summed E-state index contributed by atoms with van der Waals surface area (Å²) in [6.07, 6.45) is 2.19. The second-order valence-electron chi connectivity index (χ2n) is 9.93. The Bertz CT molecular complexity index is 1210. The van der Waals surface area contributed by atoms with Gasteiger partial charge in [0.1, 0.15) is 29.5 Å². The van der Waals surface area contributed by atoms with Crippen LogP contribution in [0.5, 0.6) is 0 Å². The molecular formula is C20H29IN6O6S. The van der Waals surface area contributed by atoms with E-state index in [9.17, 15) is 13.2 Å². The lowest BCUT2D eigenvalue weighted by Crippen LogP contribution is -2.45. The number of halogens is 1. The fourth-order valence-corrected chi connectivity index (χ4v) is 6.09. The van der Waals surface area contributed by atoms with Gasteiger partial charge in [0.15, 0.2) is 5.79 Å². The van der Waals surface area contributed by atoms with Gasteiger partial charge in [-0.2, -0.15) is 13.1 Å². The van der Waals surface area contributed by atoms with Crippen molar-refractivity contribution in [1.82, 2.24) is 24.0 Å². The first-order chi connectivity index (χ1) is 15.7. The molecule has 0 bridgehead atoms. The number of carbonyl (C=O) groups is 1. The van der Waals surface area contributed by atoms with E-state index in [4.69, 9.17) is 19.9 Å². The van der Waals surface area contributed by atoms with E-state index >= 15 is 0 Å². The third kappa shape index (κ3) is 5.24. The molecule has 2 aromatic heterocycles. The SMILES string of the molecule is CC(C)(C)OC(=O)NS(=O)(=O)NC[C@H]1C[C@@H](n2cc(I)c3c(N)ncnc32)[C@@H]2OC(C)(C)O[C@H]12. The number of amides is 1. The van der Waals surface area contributed by atoms with Gasteiger partial charge in [-0.25, -0.2) is 19.5 Å². The molecule has 0 spiro atoms. The summed E-state index contributed by atoms with van der Waals surface area (Å²) in [6.45, 7) is 8.64. The van der Waals surface area contributed by atoms with Crippen molar-refractivity contribution in [3.05, 3.63) is 16.1 Å². The van der Waals surface area contributed by atoms with E-state index in [2.05, 4.69) is 37.3 Å². The Hall–Kier alpha value is -1.75. The molecule has 1 aliphatic carbocycles. The maximum atomic E-state index is 12.4. The van der Waals surface area contributed by atoms with E-state index in [1.165, 1.54) is 6.33 Å². The van der Waals surface area contributed by atoms with Crippen LogP contribution in [0.25, 0.3) is 11.0 Å². The second kappa shape index (κ2) is 8.72. The van der Waals surface area contributed by atoms with Gasteiger partial charge in [0.05, 0.1) is 17.5 Å². The number of fused-ring (bicyclic) bond motifs is 2. The highest BCUT2D eigenvalue weighted by Crippen LogP contribution is 2.48. The van der Waals surface area contributed by atoms with E-state index in [-0.39, 0.29) is 30.7 Å². The fourth-order valence-electron chi connectivity index (χ4n) is 4.51. The van der Waals surface area contributed by atoms with Crippen LogP contribution in [0.1, 0.15) is 47.1 Å². The molecule has 2 aromatic rings. The highest BCUT2D eigenvalue weighted by molar-refractivity contribution is 14.1. The largest absolute Gasteiger partial charge is 0.443 e. The number of aromatic nitrogens is 3. The lowest BCUT2D eigenvalue weighted by Gasteiger charge is -2.24. The molecule has 1 aliphatic heterocycles. The Morgan fingerprint density at radius 3 is 2.68 bits per heavy atom. The van der Waals surface area contributed by atoms with Crippen LogP contribution < -0.4 is 15.2 Å². The van der Waals surface area contributed by atoms with Crippen molar-refractivity contribution < 1.29 is 27.4 Å². The maximum Gasteiger partial charge on any atom is 0.422 e. The first-order valence-corrected chi connectivity index (χ1v) is 13.3. The van der Waals surface area contributed by atoms with Crippen molar-refractivity contribution in [2.45, 2.75) is 70.7 Å². The van der Waals surface area contributed by atoms with Gasteiger partial charge in [0.25, 0.3) is 0 Å². The topological polar surface area (TPSA) is 160 Å². The average molecular weight is 608 g/mol. The van der Waals surface area contributed by atoms with Gasteiger partial charge in [0, 0.05) is 22.2 Å². The number of nitrogens with one attached hydrogen (secondary N) is 2. The second-order valence-corrected chi connectivity index (χ2v) is 12.6. The van der Waals surface area contributed by atoms with Gasteiger partial charge in [-0.15, -0.1) is 0 Å². The van der Waals surface area contributed by atoms with E-state index < -0.39 is 27.7 Å². The Morgan fingerprint density at radius 1 is 1.32 bits per heavy atom. The van der Waals surface area contributed by atoms with Crippen molar-refractivity contribution in [1.29, 1.82) is 0 Å². The number of hydrogen-bond acceptors (Lipinski definition) is 9. The Morgan fingerprint density at radius 2 is 2.00 bits per heavy atom. The predicted octanol–water partition coefficient (Wildman–Crippen LogP) is 2.06. The van der Waals surface area contributed by atoms with Gasteiger partial charge in [-0.1, -0.05) is 0 Å². The predicted molar refractivity (Wildman–Crippen MR) is 132 cm³/mol. The Labute approximate surface area is 211 Å². The zero-order chi connectivity index (χ0) is 25.1. The standard InChI is InChI=1S/C20H29IN6O6S/c1-19(2,3)33-18(28)26-34(29,30)25-7-10-6-12(15-14(10)31-20(4,5)32-15)27-8-11(21)13-16(22)23-9-24-17(13)27/h8-10,12,14-15,25H,6-7H2,1-5H3,(H,26,28)(H2,22,23,24)/t10-,12-,14-,15+/m1/s1. The van der Waals surface area contributed by atoms with Crippen molar-refractivity contribution in [3.8, 4) is 0 Å². The van der Waals surface area contributed by atoms with Gasteiger partial charge < -0.3 is 24.5 Å². The number of nitrogen functional groups attached to an aromatic ring is 1. The van der Waals surface area contributed by atoms with Crippen molar-refractivity contribution in [2.24, 2.45) is 5.92 Å². The number of carbonyl (C=O) groups excluding carboxylic acids is 1. The summed E-state index contributed by atoms with van der Waals surface area (Å²) < 4.78 is 49.5. The number of nitrogens with two attached hydrogens (primary N) is 1. The molecule has 0 radical (unpaired) electrons. The molecule has 2 fully saturated rings. The zero-order valence-corrected chi connectivity index (χ0v) is 22.5. The van der Waals surface area contributed by atoms with Crippen LogP contribution in [0.15, 0.2) is 12.5 Å². The molecule has 1 saturated heterocycles. The van der Waals surface area contributed by atoms with E-state index in [0.717, 1.165) is 8.96 Å². The minimum absolute atomic E-state index is 0.0443. The summed E-state index contributed by atoms with van der Waals surface area (Å²) in [6, 6.07) is -0.166. The van der Waals surface area contributed by atoms with Gasteiger partial charge in [-0.3, -0.25) is 0 Å². The summed E-state index contributed by atoms with van der Waals surface area (Å²) >= 11 is 2.19. The molecule has 3 heterocycles. The van der Waals surface area contributed by atoms with Crippen molar-refractivity contribution in [2.75, 3.05) is 12.3 Å². The molecule has 1 amide bonds. The van der Waals surface area contributed by atoms with Crippen LogP contribution in [0, 0.1) is 9.49 Å². The molecule has 188 valence electrons. The van der Waals surface area contributed by atoms with E-state index in [0.29, 0.717) is 17.9 Å². The van der Waals surface area contributed by atoms with Crippen LogP contribution in [-0.2, 0) is 24.4 Å². The molecule has 2 aliphatic rings.